The summed E-state index contributed by atoms with van der Waals surface area (Å²) in [5, 5.41) is 4.01. The average molecular weight is 328 g/mol. The molecule has 0 saturated carbocycles. The van der Waals surface area contributed by atoms with Crippen molar-refractivity contribution in [3.8, 4) is 0 Å². The van der Waals surface area contributed by atoms with Crippen LogP contribution in [0.2, 0.25) is 0 Å². The Bertz CT molecular complexity index is 720. The monoisotopic (exact) mass is 328 g/mol. The second kappa shape index (κ2) is 8.57. The summed E-state index contributed by atoms with van der Waals surface area (Å²) < 4.78 is 11.3. The molecule has 2 aromatic rings. The summed E-state index contributed by atoms with van der Waals surface area (Å²) in [6.45, 7) is 1.91. The van der Waals surface area contributed by atoms with E-state index in [0.717, 1.165) is 5.56 Å². The Kier molecular flexibility index (Phi) is 6.19. The average Bonchev–Trinajstić information content (AvgIpc) is 3.07. The van der Waals surface area contributed by atoms with Gasteiger partial charge in [0, 0.05) is 6.20 Å². The molecule has 6 nitrogen and oxygen atoms in total. The molecule has 126 valence electrons. The molecule has 0 N–H and O–H groups in total. The zero-order valence-corrected chi connectivity index (χ0v) is 13.9. The fourth-order valence-corrected chi connectivity index (χ4v) is 2.10. The van der Waals surface area contributed by atoms with Crippen molar-refractivity contribution in [1.82, 2.24) is 4.57 Å². The second-order valence-corrected chi connectivity index (χ2v) is 4.93. The molecule has 0 spiro atoms. The minimum absolute atomic E-state index is 0.180. The summed E-state index contributed by atoms with van der Waals surface area (Å²) >= 11 is 0. The fraction of sp³-hybridized carbons (Fsp3) is 0.222. The van der Waals surface area contributed by atoms with Crippen LogP contribution in [0.25, 0.3) is 5.70 Å². The van der Waals surface area contributed by atoms with Crippen LogP contribution in [0.15, 0.2) is 60.1 Å². The third kappa shape index (κ3) is 4.25. The van der Waals surface area contributed by atoms with Gasteiger partial charge in [0.2, 0.25) is 0 Å². The molecule has 1 aromatic heterocycles. The van der Waals surface area contributed by atoms with Crippen molar-refractivity contribution in [2.45, 2.75) is 13.0 Å². The van der Waals surface area contributed by atoms with E-state index in [2.05, 4.69) is 5.16 Å². The van der Waals surface area contributed by atoms with E-state index in [4.69, 9.17) is 14.3 Å². The maximum absolute atomic E-state index is 11.9. The van der Waals surface area contributed by atoms with E-state index in [1.165, 1.54) is 26.7 Å². The van der Waals surface area contributed by atoms with Gasteiger partial charge in [-0.05, 0) is 24.6 Å². The molecule has 0 saturated heterocycles. The van der Waals surface area contributed by atoms with Crippen LogP contribution in [0.5, 0.6) is 0 Å². The van der Waals surface area contributed by atoms with Gasteiger partial charge in [0.25, 0.3) is 0 Å². The van der Waals surface area contributed by atoms with Crippen LogP contribution in [-0.2, 0) is 19.1 Å². The number of esters is 1. The van der Waals surface area contributed by atoms with E-state index >= 15 is 0 Å². The van der Waals surface area contributed by atoms with Gasteiger partial charge in [-0.3, -0.25) is 0 Å². The first-order valence-electron chi connectivity index (χ1n) is 7.40. The Balaban J connectivity index is 2.12. The number of aromatic nitrogens is 1. The maximum Gasteiger partial charge on any atom is 0.358 e. The SMILES string of the molecule is COC=C(C(=O)OC)n1cccc1C=NOC(C)c1ccccc1. The molecule has 0 amide bonds. The third-order valence-electron chi connectivity index (χ3n) is 3.34. The van der Waals surface area contributed by atoms with Crippen molar-refractivity contribution in [1.29, 1.82) is 0 Å². The van der Waals surface area contributed by atoms with Crippen LogP contribution in [0.3, 0.4) is 0 Å². The minimum atomic E-state index is -0.513. The lowest BCUT2D eigenvalue weighted by molar-refractivity contribution is -0.134. The number of carbonyl (C=O) groups is 1. The Hall–Kier alpha value is -3.02. The van der Waals surface area contributed by atoms with Crippen molar-refractivity contribution in [2.75, 3.05) is 14.2 Å². The Morgan fingerprint density at radius 3 is 2.58 bits per heavy atom. The summed E-state index contributed by atoms with van der Waals surface area (Å²) in [5.74, 6) is -0.513. The first kappa shape index (κ1) is 17.3. The molecule has 0 aliphatic heterocycles. The van der Waals surface area contributed by atoms with Crippen molar-refractivity contribution >= 4 is 17.9 Å². The van der Waals surface area contributed by atoms with Crippen molar-refractivity contribution < 1.29 is 19.1 Å². The first-order valence-corrected chi connectivity index (χ1v) is 7.40. The number of benzene rings is 1. The summed E-state index contributed by atoms with van der Waals surface area (Å²) in [6, 6.07) is 13.4. The van der Waals surface area contributed by atoms with Gasteiger partial charge in [-0.25, -0.2) is 4.79 Å². The lowest BCUT2D eigenvalue weighted by Gasteiger charge is -2.10. The maximum atomic E-state index is 11.9. The Labute approximate surface area is 140 Å². The molecule has 1 heterocycles. The number of hydrogen-bond donors (Lipinski definition) is 0. The molecule has 2 rings (SSSR count). The molecule has 0 bridgehead atoms. The van der Waals surface area contributed by atoms with Gasteiger partial charge in [0.1, 0.15) is 12.4 Å². The van der Waals surface area contributed by atoms with Crippen molar-refractivity contribution in [3.63, 3.8) is 0 Å². The molecule has 0 aliphatic carbocycles. The van der Waals surface area contributed by atoms with Crippen LogP contribution >= 0.6 is 0 Å². The Morgan fingerprint density at radius 2 is 1.92 bits per heavy atom. The van der Waals surface area contributed by atoms with Crippen molar-refractivity contribution in [3.05, 3.63) is 66.2 Å². The van der Waals surface area contributed by atoms with E-state index in [-0.39, 0.29) is 11.8 Å². The number of hydrogen-bond acceptors (Lipinski definition) is 5. The lowest BCUT2D eigenvalue weighted by Crippen LogP contribution is -2.12. The highest BCUT2D eigenvalue weighted by Gasteiger charge is 2.14. The van der Waals surface area contributed by atoms with Gasteiger partial charge in [-0.1, -0.05) is 35.5 Å². The smallest absolute Gasteiger partial charge is 0.358 e. The number of carbonyl (C=O) groups excluding carboxylic acids is 1. The molecule has 6 heteroatoms. The third-order valence-corrected chi connectivity index (χ3v) is 3.34. The van der Waals surface area contributed by atoms with E-state index < -0.39 is 5.97 Å². The number of methoxy groups -OCH3 is 2. The highest BCUT2D eigenvalue weighted by molar-refractivity contribution is 6.10. The van der Waals surface area contributed by atoms with Crippen LogP contribution < -0.4 is 0 Å². The largest absolute Gasteiger partial charge is 0.502 e. The van der Waals surface area contributed by atoms with E-state index in [9.17, 15) is 4.79 Å². The molecule has 0 radical (unpaired) electrons. The van der Waals surface area contributed by atoms with E-state index in [0.29, 0.717) is 5.69 Å². The van der Waals surface area contributed by atoms with Gasteiger partial charge in [-0.2, -0.15) is 0 Å². The summed E-state index contributed by atoms with van der Waals surface area (Å²) in [5.41, 5.74) is 1.92. The van der Waals surface area contributed by atoms with Crippen LogP contribution in [0.4, 0.5) is 0 Å². The fourth-order valence-electron chi connectivity index (χ4n) is 2.10. The molecule has 0 aliphatic rings. The zero-order chi connectivity index (χ0) is 17.4. The highest BCUT2D eigenvalue weighted by Crippen LogP contribution is 2.16. The van der Waals surface area contributed by atoms with Crippen LogP contribution in [-0.4, -0.2) is 31.0 Å². The van der Waals surface area contributed by atoms with Crippen LogP contribution in [0, 0.1) is 0 Å². The Morgan fingerprint density at radius 1 is 1.17 bits per heavy atom. The predicted molar refractivity (Wildman–Crippen MR) is 91.3 cm³/mol. The highest BCUT2D eigenvalue weighted by atomic mass is 16.6. The summed E-state index contributed by atoms with van der Waals surface area (Å²) in [6.07, 6.45) is 4.38. The number of rotatable bonds is 7. The first-order chi connectivity index (χ1) is 11.7. The molecule has 1 unspecified atom stereocenters. The lowest BCUT2D eigenvalue weighted by atomic mass is 10.1. The molecule has 24 heavy (non-hydrogen) atoms. The van der Waals surface area contributed by atoms with Gasteiger partial charge in [-0.15, -0.1) is 0 Å². The zero-order valence-electron chi connectivity index (χ0n) is 13.9. The standard InChI is InChI=1S/C18H20N2O4/c1-14(15-8-5-4-6-9-15)24-19-12-16-10-7-11-20(16)17(13-22-2)18(21)23-3/h4-14H,1-3H3. The number of oxime groups is 1. The molecular weight excluding hydrogens is 308 g/mol. The number of ether oxygens (including phenoxy) is 2. The molecular formula is C18H20N2O4. The second-order valence-electron chi connectivity index (χ2n) is 4.93. The van der Waals surface area contributed by atoms with E-state index in [1.807, 2.05) is 37.3 Å². The van der Waals surface area contributed by atoms with E-state index in [1.54, 1.807) is 22.9 Å². The molecule has 1 aromatic carbocycles. The van der Waals surface area contributed by atoms with Gasteiger partial charge in [0.15, 0.2) is 5.70 Å². The van der Waals surface area contributed by atoms with Crippen LogP contribution in [0.1, 0.15) is 24.3 Å². The topological polar surface area (TPSA) is 62.0 Å². The van der Waals surface area contributed by atoms with Gasteiger partial charge >= 0.3 is 5.97 Å². The minimum Gasteiger partial charge on any atom is -0.502 e. The number of nitrogens with zero attached hydrogens (tertiary/aromatic N) is 2. The van der Waals surface area contributed by atoms with Crippen molar-refractivity contribution in [2.24, 2.45) is 5.16 Å². The molecule has 0 fully saturated rings. The van der Waals surface area contributed by atoms with Gasteiger partial charge in [0.05, 0.1) is 26.1 Å². The summed E-state index contributed by atoms with van der Waals surface area (Å²) in [7, 11) is 2.78. The summed E-state index contributed by atoms with van der Waals surface area (Å²) in [4.78, 5) is 17.3. The normalized spacial score (nSPS) is 12.9. The molecule has 1 atom stereocenters. The van der Waals surface area contributed by atoms with Gasteiger partial charge < -0.3 is 18.9 Å². The predicted octanol–water partition coefficient (Wildman–Crippen LogP) is 3.22. The quantitative estimate of drug-likeness (QED) is 0.257.